The Bertz CT molecular complexity index is 425. The molecule has 1 aromatic carbocycles. The summed E-state index contributed by atoms with van der Waals surface area (Å²) in [4.78, 5) is 4.60. The van der Waals surface area contributed by atoms with Crippen molar-refractivity contribution in [2.24, 2.45) is 5.92 Å². The summed E-state index contributed by atoms with van der Waals surface area (Å²) >= 11 is 0. The Balaban J connectivity index is 2.29. The van der Waals surface area contributed by atoms with Gasteiger partial charge >= 0.3 is 0 Å². The summed E-state index contributed by atoms with van der Waals surface area (Å²) in [7, 11) is 0. The third-order valence-electron chi connectivity index (χ3n) is 4.43. The Hall–Kier alpha value is -1.26. The molecule has 22 heavy (non-hydrogen) atoms. The average Bonchev–Trinajstić information content (AvgIpc) is 2.64. The van der Waals surface area contributed by atoms with Crippen LogP contribution in [0.2, 0.25) is 0 Å². The molecule has 0 saturated carbocycles. The summed E-state index contributed by atoms with van der Waals surface area (Å²) in [6.07, 6.45) is 0.942. The minimum absolute atomic E-state index is 0.298. The monoisotopic (exact) mass is 306 g/mol. The zero-order chi connectivity index (χ0) is 16.1. The summed E-state index contributed by atoms with van der Waals surface area (Å²) in [6, 6.07) is 8.35. The van der Waals surface area contributed by atoms with E-state index in [1.54, 1.807) is 0 Å². The molecule has 1 aliphatic heterocycles. The van der Waals surface area contributed by atoms with E-state index in [-0.39, 0.29) is 12.2 Å². The molecule has 124 valence electrons. The number of fused-ring (bicyclic) bond motifs is 1. The first-order chi connectivity index (χ1) is 10.5. The van der Waals surface area contributed by atoms with Crippen molar-refractivity contribution in [1.29, 1.82) is 0 Å². The van der Waals surface area contributed by atoms with Gasteiger partial charge in [-0.3, -0.25) is 0 Å². The van der Waals surface area contributed by atoms with Crippen LogP contribution >= 0.6 is 0 Å². The molecule has 0 bridgehead atoms. The van der Waals surface area contributed by atoms with Crippen LogP contribution in [0.25, 0.3) is 0 Å². The highest BCUT2D eigenvalue weighted by Crippen LogP contribution is 2.33. The van der Waals surface area contributed by atoms with E-state index in [0.29, 0.717) is 19.0 Å². The van der Waals surface area contributed by atoms with E-state index >= 15 is 0 Å². The fourth-order valence-electron chi connectivity index (χ4n) is 3.12. The highest BCUT2D eigenvalue weighted by Gasteiger charge is 2.26. The van der Waals surface area contributed by atoms with Gasteiger partial charge in [-0.25, -0.2) is 0 Å². The fraction of sp³-hybridized carbons (Fsp3) is 0.667. The van der Waals surface area contributed by atoms with Crippen molar-refractivity contribution in [3.8, 4) is 0 Å². The Morgan fingerprint density at radius 2 is 1.36 bits per heavy atom. The molecule has 0 unspecified atom stereocenters. The lowest BCUT2D eigenvalue weighted by Gasteiger charge is -2.29. The van der Waals surface area contributed by atoms with E-state index in [1.165, 1.54) is 11.4 Å². The van der Waals surface area contributed by atoms with E-state index in [2.05, 4.69) is 41.0 Å². The van der Waals surface area contributed by atoms with Crippen molar-refractivity contribution < 1.29 is 10.2 Å². The molecule has 0 saturated heterocycles. The lowest BCUT2D eigenvalue weighted by Crippen LogP contribution is -2.36. The van der Waals surface area contributed by atoms with Gasteiger partial charge in [-0.05, 0) is 30.9 Å². The van der Waals surface area contributed by atoms with Gasteiger partial charge in [0.05, 0.1) is 23.6 Å². The van der Waals surface area contributed by atoms with Crippen LogP contribution in [0.15, 0.2) is 24.3 Å². The summed E-state index contributed by atoms with van der Waals surface area (Å²) < 4.78 is 0. The predicted molar refractivity (Wildman–Crippen MR) is 92.6 cm³/mol. The van der Waals surface area contributed by atoms with E-state index in [0.717, 1.165) is 25.9 Å². The molecule has 0 amide bonds. The van der Waals surface area contributed by atoms with Gasteiger partial charge in [-0.1, -0.05) is 32.9 Å². The van der Waals surface area contributed by atoms with Crippen molar-refractivity contribution in [1.82, 2.24) is 0 Å². The van der Waals surface area contributed by atoms with Crippen LogP contribution in [0.3, 0.4) is 0 Å². The van der Waals surface area contributed by atoms with Crippen LogP contribution in [0.5, 0.6) is 0 Å². The number of aliphatic hydroxyl groups is 2. The van der Waals surface area contributed by atoms with Crippen LogP contribution in [0.1, 0.15) is 33.6 Å². The summed E-state index contributed by atoms with van der Waals surface area (Å²) in [6.45, 7) is 9.48. The number of para-hydroxylation sites is 2. The molecular formula is C18H30N2O2. The number of aliphatic hydroxyl groups excluding tert-OH is 2. The van der Waals surface area contributed by atoms with Gasteiger partial charge in [0.15, 0.2) is 0 Å². The Morgan fingerprint density at radius 1 is 0.955 bits per heavy atom. The third kappa shape index (κ3) is 4.14. The molecular weight excluding hydrogens is 276 g/mol. The van der Waals surface area contributed by atoms with E-state index < -0.39 is 0 Å². The van der Waals surface area contributed by atoms with E-state index in [1.807, 2.05) is 13.8 Å². The smallest absolute Gasteiger partial charge is 0.0712 e. The minimum atomic E-state index is -0.298. The first-order valence-electron chi connectivity index (χ1n) is 8.50. The molecule has 1 aromatic rings. The number of hydrogen-bond donors (Lipinski definition) is 2. The number of β-amino-alcohol motifs (C(OH)–C–C–N with tert-alkyl or cyclic N) is 2. The third-order valence-corrected chi connectivity index (χ3v) is 4.43. The number of anilines is 2. The van der Waals surface area contributed by atoms with Crippen LogP contribution in [-0.2, 0) is 0 Å². The SMILES string of the molecule is CC[C@@H](O)CN1CC(C)CN(C[C@H](O)CC)c2ccccc21. The van der Waals surface area contributed by atoms with Gasteiger partial charge in [0, 0.05) is 26.2 Å². The Morgan fingerprint density at radius 3 is 1.73 bits per heavy atom. The maximum Gasteiger partial charge on any atom is 0.0712 e. The molecule has 0 radical (unpaired) electrons. The van der Waals surface area contributed by atoms with Crippen molar-refractivity contribution in [3.63, 3.8) is 0 Å². The van der Waals surface area contributed by atoms with Gasteiger partial charge in [0.25, 0.3) is 0 Å². The molecule has 0 spiro atoms. The van der Waals surface area contributed by atoms with Crippen molar-refractivity contribution in [2.45, 2.75) is 45.8 Å². The number of nitrogens with zero attached hydrogens (tertiary/aromatic N) is 2. The van der Waals surface area contributed by atoms with Crippen LogP contribution in [0.4, 0.5) is 11.4 Å². The van der Waals surface area contributed by atoms with Crippen LogP contribution in [-0.4, -0.2) is 48.6 Å². The number of hydrogen-bond acceptors (Lipinski definition) is 4. The predicted octanol–water partition coefficient (Wildman–Crippen LogP) is 2.49. The van der Waals surface area contributed by atoms with E-state index in [9.17, 15) is 10.2 Å². The average molecular weight is 306 g/mol. The second kappa shape index (κ2) is 7.84. The van der Waals surface area contributed by atoms with Crippen LogP contribution < -0.4 is 9.80 Å². The molecule has 2 N–H and O–H groups in total. The Labute approximate surface area is 134 Å². The molecule has 0 aromatic heterocycles. The maximum atomic E-state index is 10.1. The fourth-order valence-corrected chi connectivity index (χ4v) is 3.12. The van der Waals surface area contributed by atoms with Crippen molar-refractivity contribution in [3.05, 3.63) is 24.3 Å². The summed E-state index contributed by atoms with van der Waals surface area (Å²) in [5.41, 5.74) is 2.34. The van der Waals surface area contributed by atoms with Crippen LogP contribution in [0, 0.1) is 5.92 Å². The second-order valence-electron chi connectivity index (χ2n) is 6.53. The highest BCUT2D eigenvalue weighted by molar-refractivity contribution is 5.72. The lowest BCUT2D eigenvalue weighted by atomic mass is 10.1. The summed E-state index contributed by atoms with van der Waals surface area (Å²) in [5, 5.41) is 20.1. The minimum Gasteiger partial charge on any atom is -0.391 e. The Kier molecular flexibility index (Phi) is 6.09. The highest BCUT2D eigenvalue weighted by atomic mass is 16.3. The number of rotatable bonds is 6. The van der Waals surface area contributed by atoms with Gasteiger partial charge < -0.3 is 20.0 Å². The number of benzene rings is 1. The van der Waals surface area contributed by atoms with Gasteiger partial charge in [0.1, 0.15) is 0 Å². The molecule has 1 aliphatic rings. The molecule has 0 aliphatic carbocycles. The van der Waals surface area contributed by atoms with Gasteiger partial charge in [-0.15, -0.1) is 0 Å². The van der Waals surface area contributed by atoms with Crippen molar-refractivity contribution >= 4 is 11.4 Å². The maximum absolute atomic E-state index is 10.1. The standard InChI is InChI=1S/C18H30N2O2/c1-4-15(21)12-19-10-14(3)11-20(13-16(22)5-2)18-9-7-6-8-17(18)19/h6-9,14-16,21-22H,4-5,10-13H2,1-3H3/t15-,16-/m1/s1. The summed E-state index contributed by atoms with van der Waals surface area (Å²) in [5.74, 6) is 0.487. The quantitative estimate of drug-likeness (QED) is 0.848. The first kappa shape index (κ1) is 17.1. The normalized spacial score (nSPS) is 18.8. The molecule has 4 nitrogen and oxygen atoms in total. The second-order valence-corrected chi connectivity index (χ2v) is 6.53. The van der Waals surface area contributed by atoms with Gasteiger partial charge in [0.2, 0.25) is 0 Å². The first-order valence-corrected chi connectivity index (χ1v) is 8.50. The molecule has 0 fully saturated rings. The molecule has 1 heterocycles. The van der Waals surface area contributed by atoms with Gasteiger partial charge in [-0.2, -0.15) is 0 Å². The molecule has 4 heteroatoms. The van der Waals surface area contributed by atoms with Crippen molar-refractivity contribution in [2.75, 3.05) is 36.0 Å². The topological polar surface area (TPSA) is 46.9 Å². The largest absolute Gasteiger partial charge is 0.391 e. The molecule has 2 atom stereocenters. The molecule has 2 rings (SSSR count). The zero-order valence-corrected chi connectivity index (χ0v) is 14.1. The lowest BCUT2D eigenvalue weighted by molar-refractivity contribution is 0.174. The van der Waals surface area contributed by atoms with E-state index in [4.69, 9.17) is 0 Å². The zero-order valence-electron chi connectivity index (χ0n) is 14.1.